The van der Waals surface area contributed by atoms with Crippen molar-refractivity contribution in [2.45, 2.75) is 12.7 Å². The van der Waals surface area contributed by atoms with E-state index in [4.69, 9.17) is 4.18 Å². The first kappa shape index (κ1) is 12.6. The van der Waals surface area contributed by atoms with Crippen LogP contribution in [0.15, 0.2) is 54.6 Å². The molecule has 0 aliphatic rings. The Hall–Kier alpha value is -1.81. The zero-order valence-electron chi connectivity index (χ0n) is 10.0. The summed E-state index contributed by atoms with van der Waals surface area (Å²) in [6.07, 6.45) is 0. The normalized spacial score (nSPS) is 11.2. The molecule has 0 aliphatic heterocycles. The predicted molar refractivity (Wildman–Crippen MR) is 70.9 cm³/mol. The number of hydrogen-bond acceptors (Lipinski definition) is 3. The molecule has 0 bridgehead atoms. The van der Waals surface area contributed by atoms with Crippen LogP contribution in [0.25, 0.3) is 0 Å². The minimum absolute atomic E-state index is 0.123. The van der Waals surface area contributed by atoms with Crippen molar-refractivity contribution in [1.82, 2.24) is 0 Å². The maximum atomic E-state index is 11.8. The molecule has 2 aromatic rings. The van der Waals surface area contributed by atoms with Crippen LogP contribution >= 0.6 is 0 Å². The van der Waals surface area contributed by atoms with Crippen molar-refractivity contribution >= 4 is 10.1 Å². The Morgan fingerprint density at radius 3 is 2.17 bits per heavy atom. The summed E-state index contributed by atoms with van der Waals surface area (Å²) >= 11 is 0. The molecule has 2 aromatic carbocycles. The predicted octanol–water partition coefficient (Wildman–Crippen LogP) is 2.90. The van der Waals surface area contributed by atoms with Gasteiger partial charge in [0.2, 0.25) is 0 Å². The first-order valence-electron chi connectivity index (χ1n) is 5.58. The first-order chi connectivity index (χ1) is 8.55. The van der Waals surface area contributed by atoms with Crippen molar-refractivity contribution in [2.75, 3.05) is 0 Å². The summed E-state index contributed by atoms with van der Waals surface area (Å²) in [6.45, 7) is 1.93. The molecule has 0 fully saturated rings. The molecule has 3 nitrogen and oxygen atoms in total. The number of benzene rings is 2. The van der Waals surface area contributed by atoms with E-state index in [-0.39, 0.29) is 5.75 Å². The van der Waals surface area contributed by atoms with Gasteiger partial charge in [-0.2, -0.15) is 8.42 Å². The highest BCUT2D eigenvalue weighted by atomic mass is 32.2. The highest BCUT2D eigenvalue weighted by Crippen LogP contribution is 2.16. The average molecular weight is 262 g/mol. The van der Waals surface area contributed by atoms with Gasteiger partial charge < -0.3 is 4.18 Å². The lowest BCUT2D eigenvalue weighted by Crippen LogP contribution is -2.11. The Labute approximate surface area is 107 Å². The molecule has 0 heterocycles. The summed E-state index contributed by atoms with van der Waals surface area (Å²) in [4.78, 5) is 0. The van der Waals surface area contributed by atoms with E-state index in [0.717, 1.165) is 5.56 Å². The molecule has 0 atom stereocenters. The van der Waals surface area contributed by atoms with E-state index in [0.29, 0.717) is 11.3 Å². The summed E-state index contributed by atoms with van der Waals surface area (Å²) < 4.78 is 28.7. The molecule has 0 N–H and O–H groups in total. The molecule has 18 heavy (non-hydrogen) atoms. The van der Waals surface area contributed by atoms with Crippen molar-refractivity contribution in [3.05, 3.63) is 65.7 Å². The topological polar surface area (TPSA) is 43.4 Å². The highest BCUT2D eigenvalue weighted by Gasteiger charge is 2.13. The Morgan fingerprint density at radius 2 is 1.56 bits per heavy atom. The molecule has 0 amide bonds. The fraction of sp³-hybridized carbons (Fsp3) is 0.143. The van der Waals surface area contributed by atoms with Crippen LogP contribution in [0.4, 0.5) is 0 Å². The lowest BCUT2D eigenvalue weighted by molar-refractivity contribution is 0.485. The minimum atomic E-state index is -3.60. The molecular weight excluding hydrogens is 248 g/mol. The molecule has 0 unspecified atom stereocenters. The molecule has 0 saturated heterocycles. The zero-order valence-corrected chi connectivity index (χ0v) is 10.9. The molecular formula is C14H14O3S. The van der Waals surface area contributed by atoms with Gasteiger partial charge in [-0.1, -0.05) is 48.0 Å². The van der Waals surface area contributed by atoms with Gasteiger partial charge in [0.25, 0.3) is 0 Å². The van der Waals surface area contributed by atoms with Crippen molar-refractivity contribution in [3.8, 4) is 5.75 Å². The second-order valence-corrected chi connectivity index (χ2v) is 5.65. The molecule has 0 saturated carbocycles. The van der Waals surface area contributed by atoms with E-state index in [2.05, 4.69) is 0 Å². The molecule has 94 valence electrons. The van der Waals surface area contributed by atoms with Crippen LogP contribution in [0, 0.1) is 6.92 Å². The van der Waals surface area contributed by atoms with Gasteiger partial charge in [-0.3, -0.25) is 0 Å². The monoisotopic (exact) mass is 262 g/mol. The van der Waals surface area contributed by atoms with E-state index in [1.807, 2.05) is 25.1 Å². The van der Waals surface area contributed by atoms with E-state index < -0.39 is 10.1 Å². The maximum absolute atomic E-state index is 11.8. The summed E-state index contributed by atoms with van der Waals surface area (Å²) in [5.41, 5.74) is 1.77. The van der Waals surface area contributed by atoms with Gasteiger partial charge >= 0.3 is 10.1 Å². The Morgan fingerprint density at radius 1 is 0.944 bits per heavy atom. The largest absolute Gasteiger partial charge is 0.382 e. The molecule has 4 heteroatoms. The van der Waals surface area contributed by atoms with Crippen LogP contribution in [0.5, 0.6) is 5.75 Å². The van der Waals surface area contributed by atoms with Gasteiger partial charge in [0.05, 0.1) is 0 Å². The molecule has 0 aliphatic carbocycles. The van der Waals surface area contributed by atoms with Crippen LogP contribution in [0.3, 0.4) is 0 Å². The third-order valence-corrected chi connectivity index (χ3v) is 3.56. The van der Waals surface area contributed by atoms with Gasteiger partial charge in [-0.05, 0) is 24.6 Å². The third kappa shape index (κ3) is 3.60. The summed E-state index contributed by atoms with van der Waals surface area (Å²) in [5, 5.41) is 0. The second kappa shape index (κ2) is 5.23. The van der Waals surface area contributed by atoms with Crippen molar-refractivity contribution in [3.63, 3.8) is 0 Å². The van der Waals surface area contributed by atoms with Crippen molar-refractivity contribution < 1.29 is 12.6 Å². The first-order valence-corrected chi connectivity index (χ1v) is 7.16. The van der Waals surface area contributed by atoms with Crippen LogP contribution < -0.4 is 4.18 Å². The van der Waals surface area contributed by atoms with Gasteiger partial charge in [0.1, 0.15) is 11.5 Å². The van der Waals surface area contributed by atoms with Crippen molar-refractivity contribution in [2.24, 2.45) is 0 Å². The fourth-order valence-corrected chi connectivity index (χ4v) is 2.61. The van der Waals surface area contributed by atoms with E-state index >= 15 is 0 Å². The van der Waals surface area contributed by atoms with E-state index in [1.54, 1.807) is 36.4 Å². The SMILES string of the molecule is Cc1ccc(OS(=O)(=O)Cc2ccccc2)cc1. The third-order valence-electron chi connectivity index (χ3n) is 2.43. The fourth-order valence-electron chi connectivity index (χ4n) is 1.55. The molecule has 0 aromatic heterocycles. The van der Waals surface area contributed by atoms with Crippen LogP contribution in [-0.4, -0.2) is 8.42 Å². The standard InChI is InChI=1S/C14H14O3S/c1-12-7-9-14(10-8-12)17-18(15,16)11-13-5-3-2-4-6-13/h2-10H,11H2,1H3. The van der Waals surface area contributed by atoms with Crippen LogP contribution in [0.2, 0.25) is 0 Å². The number of rotatable bonds is 4. The van der Waals surface area contributed by atoms with Gasteiger partial charge in [-0.25, -0.2) is 0 Å². The summed E-state index contributed by atoms with van der Waals surface area (Å²) in [5.74, 6) is 0.221. The number of hydrogen-bond donors (Lipinski definition) is 0. The summed E-state index contributed by atoms with van der Waals surface area (Å²) in [7, 11) is -3.60. The van der Waals surface area contributed by atoms with Gasteiger partial charge in [0.15, 0.2) is 0 Å². The Bertz CT molecular complexity index is 601. The molecule has 0 radical (unpaired) electrons. The van der Waals surface area contributed by atoms with Gasteiger partial charge in [0, 0.05) is 0 Å². The Balaban J connectivity index is 2.10. The lowest BCUT2D eigenvalue weighted by atomic mass is 10.2. The van der Waals surface area contributed by atoms with Crippen LogP contribution in [-0.2, 0) is 15.9 Å². The lowest BCUT2D eigenvalue weighted by Gasteiger charge is -2.07. The minimum Gasteiger partial charge on any atom is -0.382 e. The molecule has 2 rings (SSSR count). The van der Waals surface area contributed by atoms with E-state index in [9.17, 15) is 8.42 Å². The zero-order chi connectivity index (χ0) is 13.0. The quantitative estimate of drug-likeness (QED) is 0.796. The van der Waals surface area contributed by atoms with Crippen LogP contribution in [0.1, 0.15) is 11.1 Å². The average Bonchev–Trinajstić information content (AvgIpc) is 2.32. The summed E-state index contributed by atoms with van der Waals surface area (Å²) in [6, 6.07) is 15.9. The highest BCUT2D eigenvalue weighted by molar-refractivity contribution is 7.86. The number of aryl methyl sites for hydroxylation is 1. The molecule has 0 spiro atoms. The van der Waals surface area contributed by atoms with Gasteiger partial charge in [-0.15, -0.1) is 0 Å². The Kier molecular flexibility index (Phi) is 3.67. The van der Waals surface area contributed by atoms with Crippen molar-refractivity contribution in [1.29, 1.82) is 0 Å². The van der Waals surface area contributed by atoms with E-state index in [1.165, 1.54) is 0 Å². The second-order valence-electron chi connectivity index (χ2n) is 4.08. The maximum Gasteiger partial charge on any atom is 0.313 e. The smallest absolute Gasteiger partial charge is 0.313 e.